The maximum atomic E-state index is 12.5. The Hall–Kier alpha value is -3.32. The molecule has 0 aliphatic carbocycles. The highest BCUT2D eigenvalue weighted by atomic mass is 32.2. The lowest BCUT2D eigenvalue weighted by Gasteiger charge is -2.11. The summed E-state index contributed by atoms with van der Waals surface area (Å²) in [6.45, 7) is 6.30. The van der Waals surface area contributed by atoms with Crippen molar-refractivity contribution in [2.75, 3.05) is 5.75 Å². The smallest absolute Gasteiger partial charge is 0.231 e. The van der Waals surface area contributed by atoms with Crippen LogP contribution in [0.4, 0.5) is 0 Å². The highest BCUT2D eigenvalue weighted by Crippen LogP contribution is 2.25. The average molecular weight is 419 g/mol. The first-order chi connectivity index (χ1) is 14.7. The summed E-state index contributed by atoms with van der Waals surface area (Å²) in [5.74, 6) is 1.63. The van der Waals surface area contributed by atoms with Crippen molar-refractivity contribution >= 4 is 28.6 Å². The number of carbonyl (C=O) groups is 1. The van der Waals surface area contributed by atoms with Crippen molar-refractivity contribution in [3.05, 3.63) is 79.1 Å². The van der Waals surface area contributed by atoms with E-state index in [1.54, 1.807) is 6.08 Å². The molecule has 0 aliphatic rings. The van der Waals surface area contributed by atoms with Crippen molar-refractivity contribution in [3.63, 3.8) is 0 Å². The third-order valence-corrected chi connectivity index (χ3v) is 5.61. The van der Waals surface area contributed by atoms with E-state index in [-0.39, 0.29) is 17.7 Å². The number of thioether (sulfide) groups is 1. The average Bonchev–Trinajstić information content (AvgIpc) is 3.37. The molecule has 2 heterocycles. The molecule has 0 radical (unpaired) electrons. The van der Waals surface area contributed by atoms with Crippen LogP contribution in [-0.2, 0) is 11.3 Å². The fourth-order valence-electron chi connectivity index (χ4n) is 3.19. The van der Waals surface area contributed by atoms with E-state index in [9.17, 15) is 4.79 Å². The van der Waals surface area contributed by atoms with Crippen molar-refractivity contribution < 1.29 is 9.21 Å². The fourth-order valence-corrected chi connectivity index (χ4v) is 3.95. The second-order valence-corrected chi connectivity index (χ2v) is 7.78. The van der Waals surface area contributed by atoms with Crippen LogP contribution in [0.2, 0.25) is 0 Å². The standard InChI is InChI=1S/C23H22N4O2S/c1-3-13-27-22(17-9-5-4-6-10-17)25-26-23(27)30-15-21(28)24-16(2)20-14-18-11-7-8-12-19(18)29-20/h3-12,14,16H,1,13,15H2,2H3,(H,24,28)/t16-/m1/s1. The number of amides is 1. The van der Waals surface area contributed by atoms with Gasteiger partial charge in [-0.1, -0.05) is 66.4 Å². The fraction of sp³-hybridized carbons (Fsp3) is 0.174. The van der Waals surface area contributed by atoms with Crippen molar-refractivity contribution in [2.45, 2.75) is 24.7 Å². The largest absolute Gasteiger partial charge is 0.459 e. The van der Waals surface area contributed by atoms with E-state index >= 15 is 0 Å². The molecule has 0 saturated carbocycles. The number of furan rings is 1. The molecule has 7 heteroatoms. The molecule has 2 aromatic carbocycles. The van der Waals surface area contributed by atoms with Crippen LogP contribution in [0.5, 0.6) is 0 Å². The molecule has 0 fully saturated rings. The molecule has 0 spiro atoms. The number of nitrogens with zero attached hydrogens (tertiary/aromatic N) is 3. The van der Waals surface area contributed by atoms with Gasteiger partial charge in [-0.3, -0.25) is 9.36 Å². The van der Waals surface area contributed by atoms with Gasteiger partial charge in [0, 0.05) is 17.5 Å². The lowest BCUT2D eigenvalue weighted by molar-refractivity contribution is -0.119. The summed E-state index contributed by atoms with van der Waals surface area (Å²) in [5.41, 5.74) is 1.79. The summed E-state index contributed by atoms with van der Waals surface area (Å²) < 4.78 is 7.80. The van der Waals surface area contributed by atoms with Crippen LogP contribution in [0, 0.1) is 0 Å². The van der Waals surface area contributed by atoms with Crippen LogP contribution in [0.3, 0.4) is 0 Å². The van der Waals surface area contributed by atoms with E-state index in [4.69, 9.17) is 4.42 Å². The molecule has 0 bridgehead atoms. The molecule has 152 valence electrons. The topological polar surface area (TPSA) is 73.0 Å². The summed E-state index contributed by atoms with van der Waals surface area (Å²) >= 11 is 1.35. The number of rotatable bonds is 8. The van der Waals surface area contributed by atoms with Gasteiger partial charge in [-0.25, -0.2) is 0 Å². The van der Waals surface area contributed by atoms with Crippen LogP contribution in [-0.4, -0.2) is 26.4 Å². The minimum Gasteiger partial charge on any atom is -0.459 e. The summed E-state index contributed by atoms with van der Waals surface area (Å²) in [6.07, 6.45) is 1.80. The van der Waals surface area contributed by atoms with Gasteiger partial charge in [0.05, 0.1) is 11.8 Å². The lowest BCUT2D eigenvalue weighted by atomic mass is 10.2. The molecule has 6 nitrogen and oxygen atoms in total. The maximum Gasteiger partial charge on any atom is 0.231 e. The van der Waals surface area contributed by atoms with Gasteiger partial charge in [0.15, 0.2) is 11.0 Å². The van der Waals surface area contributed by atoms with Crippen molar-refractivity contribution in [1.82, 2.24) is 20.1 Å². The number of para-hydroxylation sites is 1. The second-order valence-electron chi connectivity index (χ2n) is 6.84. The number of fused-ring (bicyclic) bond motifs is 1. The lowest BCUT2D eigenvalue weighted by Crippen LogP contribution is -2.28. The van der Waals surface area contributed by atoms with E-state index in [1.807, 2.05) is 72.2 Å². The predicted octanol–water partition coefficient (Wildman–Crippen LogP) is 4.85. The highest BCUT2D eigenvalue weighted by Gasteiger charge is 2.17. The van der Waals surface area contributed by atoms with E-state index in [0.717, 1.165) is 28.1 Å². The Balaban J connectivity index is 1.42. The quantitative estimate of drug-likeness (QED) is 0.327. The number of aromatic nitrogens is 3. The number of carbonyl (C=O) groups excluding carboxylic acids is 1. The minimum atomic E-state index is -0.226. The Kier molecular flexibility index (Phi) is 5.99. The molecule has 4 aromatic rings. The van der Waals surface area contributed by atoms with E-state index in [0.29, 0.717) is 11.7 Å². The van der Waals surface area contributed by atoms with Crippen LogP contribution in [0.15, 0.2) is 82.9 Å². The summed E-state index contributed by atoms with van der Waals surface area (Å²) in [4.78, 5) is 12.5. The third kappa shape index (κ3) is 4.31. The van der Waals surface area contributed by atoms with E-state index < -0.39 is 0 Å². The predicted molar refractivity (Wildman–Crippen MR) is 119 cm³/mol. The van der Waals surface area contributed by atoms with E-state index in [2.05, 4.69) is 22.1 Å². The molecule has 30 heavy (non-hydrogen) atoms. The van der Waals surface area contributed by atoms with E-state index in [1.165, 1.54) is 11.8 Å². The van der Waals surface area contributed by atoms with Crippen LogP contribution in [0.1, 0.15) is 18.7 Å². The molecule has 0 unspecified atom stereocenters. The summed E-state index contributed by atoms with van der Waals surface area (Å²) in [7, 11) is 0. The monoisotopic (exact) mass is 418 g/mol. The van der Waals surface area contributed by atoms with Gasteiger partial charge in [-0.15, -0.1) is 16.8 Å². The Morgan fingerprint density at radius 3 is 2.73 bits per heavy atom. The van der Waals surface area contributed by atoms with Crippen LogP contribution in [0.25, 0.3) is 22.4 Å². The molecule has 4 rings (SSSR count). The van der Waals surface area contributed by atoms with Gasteiger partial charge in [-0.05, 0) is 19.1 Å². The SMILES string of the molecule is C=CCn1c(SCC(=O)N[C@H](C)c2cc3ccccc3o2)nnc1-c1ccccc1. The molecule has 1 amide bonds. The number of nitrogens with one attached hydrogen (secondary N) is 1. The van der Waals surface area contributed by atoms with Gasteiger partial charge in [-0.2, -0.15) is 0 Å². The van der Waals surface area contributed by atoms with Crippen molar-refractivity contribution in [2.24, 2.45) is 0 Å². The minimum absolute atomic E-state index is 0.0950. The van der Waals surface area contributed by atoms with Gasteiger partial charge >= 0.3 is 0 Å². The zero-order chi connectivity index (χ0) is 20.9. The Morgan fingerprint density at radius 1 is 1.20 bits per heavy atom. The van der Waals surface area contributed by atoms with Gasteiger partial charge < -0.3 is 9.73 Å². The van der Waals surface area contributed by atoms with Gasteiger partial charge in [0.2, 0.25) is 5.91 Å². The van der Waals surface area contributed by atoms with Gasteiger partial charge in [0.1, 0.15) is 11.3 Å². The molecule has 2 aromatic heterocycles. The first kappa shape index (κ1) is 20.0. The molecule has 0 aliphatic heterocycles. The van der Waals surface area contributed by atoms with Crippen LogP contribution >= 0.6 is 11.8 Å². The molecule has 0 saturated heterocycles. The normalized spacial score (nSPS) is 12.0. The molecular formula is C23H22N4O2S. The molecular weight excluding hydrogens is 396 g/mol. The van der Waals surface area contributed by atoms with Gasteiger partial charge in [0.25, 0.3) is 0 Å². The zero-order valence-corrected chi connectivity index (χ0v) is 17.4. The molecule has 1 atom stereocenters. The number of hydrogen-bond donors (Lipinski definition) is 1. The zero-order valence-electron chi connectivity index (χ0n) is 16.6. The maximum absolute atomic E-state index is 12.5. The van der Waals surface area contributed by atoms with Crippen molar-refractivity contribution in [3.8, 4) is 11.4 Å². The number of hydrogen-bond acceptors (Lipinski definition) is 5. The third-order valence-electron chi connectivity index (χ3n) is 4.64. The summed E-state index contributed by atoms with van der Waals surface area (Å²) in [5, 5.41) is 13.3. The molecule has 1 N–H and O–H groups in total. The Morgan fingerprint density at radius 2 is 1.97 bits per heavy atom. The Bertz CT molecular complexity index is 1130. The first-order valence-electron chi connectivity index (χ1n) is 9.66. The Labute approximate surface area is 179 Å². The summed E-state index contributed by atoms with van der Waals surface area (Å²) in [6, 6.07) is 19.4. The number of benzene rings is 2. The van der Waals surface area contributed by atoms with Crippen LogP contribution < -0.4 is 5.32 Å². The van der Waals surface area contributed by atoms with Crippen molar-refractivity contribution in [1.29, 1.82) is 0 Å². The first-order valence-corrected chi connectivity index (χ1v) is 10.6. The second kappa shape index (κ2) is 9.00. The highest BCUT2D eigenvalue weighted by molar-refractivity contribution is 7.99. The number of allylic oxidation sites excluding steroid dienone is 1.